The lowest BCUT2D eigenvalue weighted by Crippen LogP contribution is -2.04. The minimum atomic E-state index is -0.968. The van der Waals surface area contributed by atoms with Crippen LogP contribution in [0.2, 0.25) is 0 Å². The Kier molecular flexibility index (Phi) is 3.86. The lowest BCUT2D eigenvalue weighted by atomic mass is 9.98. The van der Waals surface area contributed by atoms with E-state index in [0.717, 1.165) is 11.3 Å². The first kappa shape index (κ1) is 13.6. The Morgan fingerprint density at radius 3 is 2.47 bits per heavy atom. The van der Waals surface area contributed by atoms with Crippen molar-refractivity contribution in [3.63, 3.8) is 0 Å². The van der Waals surface area contributed by atoms with Crippen LogP contribution < -0.4 is 4.74 Å². The summed E-state index contributed by atoms with van der Waals surface area (Å²) in [6, 6.07) is 10.4. The first-order valence-electron chi connectivity index (χ1n) is 6.12. The number of hydrogen-bond acceptors (Lipinski definition) is 2. The highest BCUT2D eigenvalue weighted by molar-refractivity contribution is 5.40. The Labute approximate surface area is 112 Å². The molecule has 2 nitrogen and oxygen atoms in total. The quantitative estimate of drug-likeness (QED) is 0.914. The molecule has 1 atom stereocenters. The van der Waals surface area contributed by atoms with Gasteiger partial charge in [0, 0.05) is 5.56 Å². The molecule has 0 spiro atoms. The normalized spacial score (nSPS) is 12.3. The molecule has 2 aromatic rings. The second kappa shape index (κ2) is 5.41. The van der Waals surface area contributed by atoms with Gasteiger partial charge in [-0.2, -0.15) is 0 Å². The number of aliphatic hydroxyl groups excluding tert-OH is 1. The van der Waals surface area contributed by atoms with Gasteiger partial charge in [0.05, 0.1) is 7.11 Å². The molecule has 0 heterocycles. The van der Waals surface area contributed by atoms with E-state index in [9.17, 15) is 9.50 Å². The van der Waals surface area contributed by atoms with Crippen molar-refractivity contribution in [1.29, 1.82) is 0 Å². The topological polar surface area (TPSA) is 29.5 Å². The Morgan fingerprint density at radius 2 is 1.84 bits per heavy atom. The molecular formula is C16H17FO2. The van der Waals surface area contributed by atoms with Crippen LogP contribution in [0.1, 0.15) is 28.4 Å². The third-order valence-electron chi connectivity index (χ3n) is 3.25. The van der Waals surface area contributed by atoms with E-state index < -0.39 is 6.10 Å². The maximum Gasteiger partial charge on any atom is 0.132 e. The zero-order valence-electron chi connectivity index (χ0n) is 11.3. The zero-order chi connectivity index (χ0) is 14.0. The third-order valence-corrected chi connectivity index (χ3v) is 3.25. The number of rotatable bonds is 3. The fourth-order valence-corrected chi connectivity index (χ4v) is 2.13. The summed E-state index contributed by atoms with van der Waals surface area (Å²) in [5, 5.41) is 10.3. The first-order chi connectivity index (χ1) is 9.04. The fraction of sp³-hybridized carbons (Fsp3) is 0.250. The number of halogens is 1. The molecule has 19 heavy (non-hydrogen) atoms. The highest BCUT2D eigenvalue weighted by atomic mass is 19.1. The lowest BCUT2D eigenvalue weighted by molar-refractivity contribution is 0.214. The SMILES string of the molecule is COc1ccc(C(O)c2cccc(C)c2F)cc1C. The molecule has 0 aliphatic carbocycles. The Balaban J connectivity index is 2.41. The van der Waals surface area contributed by atoms with Crippen molar-refractivity contribution in [2.24, 2.45) is 0 Å². The van der Waals surface area contributed by atoms with Crippen LogP contribution >= 0.6 is 0 Å². The molecule has 0 amide bonds. The number of methoxy groups -OCH3 is 1. The van der Waals surface area contributed by atoms with E-state index in [1.807, 2.05) is 13.0 Å². The van der Waals surface area contributed by atoms with Gasteiger partial charge >= 0.3 is 0 Å². The molecule has 1 N–H and O–H groups in total. The highest BCUT2D eigenvalue weighted by Gasteiger charge is 2.16. The summed E-state index contributed by atoms with van der Waals surface area (Å²) >= 11 is 0. The number of benzene rings is 2. The molecular weight excluding hydrogens is 243 g/mol. The summed E-state index contributed by atoms with van der Waals surface area (Å²) in [6.07, 6.45) is -0.968. The van der Waals surface area contributed by atoms with Gasteiger partial charge in [-0.05, 0) is 42.7 Å². The van der Waals surface area contributed by atoms with E-state index in [-0.39, 0.29) is 5.82 Å². The molecule has 2 rings (SSSR count). The largest absolute Gasteiger partial charge is 0.496 e. The summed E-state index contributed by atoms with van der Waals surface area (Å²) in [5.41, 5.74) is 2.39. The van der Waals surface area contributed by atoms with Crippen molar-refractivity contribution in [3.8, 4) is 5.75 Å². The maximum absolute atomic E-state index is 14.0. The van der Waals surface area contributed by atoms with E-state index in [0.29, 0.717) is 16.7 Å². The molecule has 100 valence electrons. The Hall–Kier alpha value is -1.87. The number of aliphatic hydroxyl groups is 1. The summed E-state index contributed by atoms with van der Waals surface area (Å²) < 4.78 is 19.2. The van der Waals surface area contributed by atoms with Gasteiger partial charge in [-0.15, -0.1) is 0 Å². The molecule has 0 bridgehead atoms. The van der Waals surface area contributed by atoms with Crippen LogP contribution in [-0.4, -0.2) is 12.2 Å². The van der Waals surface area contributed by atoms with Crippen LogP contribution in [0.4, 0.5) is 4.39 Å². The van der Waals surface area contributed by atoms with Crippen molar-refractivity contribution in [2.45, 2.75) is 20.0 Å². The van der Waals surface area contributed by atoms with Crippen molar-refractivity contribution in [1.82, 2.24) is 0 Å². The fourth-order valence-electron chi connectivity index (χ4n) is 2.13. The third kappa shape index (κ3) is 2.61. The summed E-state index contributed by atoms with van der Waals surface area (Å²) in [5.74, 6) is 0.393. The Morgan fingerprint density at radius 1 is 1.11 bits per heavy atom. The van der Waals surface area contributed by atoms with Crippen molar-refractivity contribution in [3.05, 3.63) is 64.5 Å². The summed E-state index contributed by atoms with van der Waals surface area (Å²) in [7, 11) is 1.60. The molecule has 0 radical (unpaired) electrons. The van der Waals surface area contributed by atoms with Crippen molar-refractivity contribution in [2.75, 3.05) is 7.11 Å². The van der Waals surface area contributed by atoms with Gasteiger partial charge in [0.25, 0.3) is 0 Å². The van der Waals surface area contributed by atoms with Gasteiger partial charge in [-0.1, -0.05) is 24.3 Å². The van der Waals surface area contributed by atoms with Crippen LogP contribution in [0, 0.1) is 19.7 Å². The molecule has 3 heteroatoms. The minimum Gasteiger partial charge on any atom is -0.496 e. The maximum atomic E-state index is 14.0. The van der Waals surface area contributed by atoms with Crippen LogP contribution in [0.5, 0.6) is 5.75 Å². The van der Waals surface area contributed by atoms with E-state index in [4.69, 9.17) is 4.74 Å². The monoisotopic (exact) mass is 260 g/mol. The minimum absolute atomic E-state index is 0.296. The van der Waals surface area contributed by atoms with Crippen molar-refractivity contribution >= 4 is 0 Å². The predicted octanol–water partition coefficient (Wildman–Crippen LogP) is 3.53. The van der Waals surface area contributed by atoms with E-state index in [1.165, 1.54) is 0 Å². The van der Waals surface area contributed by atoms with Gasteiger partial charge in [0.15, 0.2) is 0 Å². The molecule has 0 aliphatic heterocycles. The predicted molar refractivity (Wildman–Crippen MR) is 72.9 cm³/mol. The average molecular weight is 260 g/mol. The van der Waals surface area contributed by atoms with Gasteiger partial charge in [-0.3, -0.25) is 0 Å². The molecule has 0 saturated carbocycles. The van der Waals surface area contributed by atoms with E-state index >= 15 is 0 Å². The van der Waals surface area contributed by atoms with Gasteiger partial charge < -0.3 is 9.84 Å². The summed E-state index contributed by atoms with van der Waals surface area (Å²) in [6.45, 7) is 3.58. The van der Waals surface area contributed by atoms with Crippen LogP contribution in [0.3, 0.4) is 0 Å². The average Bonchev–Trinajstić information content (AvgIpc) is 2.41. The van der Waals surface area contributed by atoms with E-state index in [1.54, 1.807) is 44.4 Å². The van der Waals surface area contributed by atoms with E-state index in [2.05, 4.69) is 0 Å². The molecule has 0 aliphatic rings. The molecule has 1 unspecified atom stereocenters. The smallest absolute Gasteiger partial charge is 0.132 e. The lowest BCUT2D eigenvalue weighted by Gasteiger charge is -2.15. The molecule has 0 fully saturated rings. The van der Waals surface area contributed by atoms with Gasteiger partial charge in [-0.25, -0.2) is 4.39 Å². The van der Waals surface area contributed by atoms with Crippen LogP contribution in [0.25, 0.3) is 0 Å². The molecule has 0 saturated heterocycles. The van der Waals surface area contributed by atoms with Crippen LogP contribution in [-0.2, 0) is 0 Å². The second-order valence-electron chi connectivity index (χ2n) is 4.61. The standard InChI is InChI=1S/C16H17FO2/c1-10-5-4-6-13(15(10)17)16(18)12-7-8-14(19-3)11(2)9-12/h4-9,16,18H,1-3H3. The molecule has 2 aromatic carbocycles. The first-order valence-corrected chi connectivity index (χ1v) is 6.12. The number of hydrogen-bond donors (Lipinski definition) is 1. The van der Waals surface area contributed by atoms with Crippen LogP contribution in [0.15, 0.2) is 36.4 Å². The second-order valence-corrected chi connectivity index (χ2v) is 4.61. The Bertz CT molecular complexity index is 593. The number of ether oxygens (including phenoxy) is 1. The van der Waals surface area contributed by atoms with Crippen molar-refractivity contribution < 1.29 is 14.2 Å². The zero-order valence-corrected chi connectivity index (χ0v) is 11.3. The highest BCUT2D eigenvalue weighted by Crippen LogP contribution is 2.28. The molecule has 0 aromatic heterocycles. The summed E-state index contributed by atoms with van der Waals surface area (Å²) in [4.78, 5) is 0. The van der Waals surface area contributed by atoms with Gasteiger partial charge in [0.2, 0.25) is 0 Å². The number of aryl methyl sites for hydroxylation is 2. The van der Waals surface area contributed by atoms with Gasteiger partial charge in [0.1, 0.15) is 17.7 Å².